The van der Waals surface area contributed by atoms with Gasteiger partial charge in [-0.3, -0.25) is 0 Å². The second-order valence-corrected chi connectivity index (χ2v) is 7.26. The van der Waals surface area contributed by atoms with Gasteiger partial charge in [0.15, 0.2) is 0 Å². The van der Waals surface area contributed by atoms with E-state index in [1.807, 2.05) is 43.3 Å². The number of rotatable bonds is 7. The van der Waals surface area contributed by atoms with Crippen LogP contribution < -0.4 is 4.74 Å². The van der Waals surface area contributed by atoms with Crippen molar-refractivity contribution in [2.75, 3.05) is 32.9 Å². The molecule has 0 aliphatic carbocycles. The maximum atomic E-state index is 13.4. The van der Waals surface area contributed by atoms with Gasteiger partial charge in [-0.1, -0.05) is 29.8 Å². The number of halogens is 1. The summed E-state index contributed by atoms with van der Waals surface area (Å²) in [6.45, 7) is 3.40. The van der Waals surface area contributed by atoms with Crippen LogP contribution in [0, 0.1) is 5.21 Å². The Labute approximate surface area is 164 Å². The van der Waals surface area contributed by atoms with Gasteiger partial charge < -0.3 is 24.4 Å². The lowest BCUT2D eigenvalue weighted by atomic mass is 10.0. The Bertz CT molecular complexity index is 743. The molecule has 6 nitrogen and oxygen atoms in total. The van der Waals surface area contributed by atoms with Gasteiger partial charge >= 0.3 is 0 Å². The molecule has 0 amide bonds. The number of morpholine rings is 1. The highest BCUT2D eigenvalue weighted by molar-refractivity contribution is 6.29. The molecule has 3 rings (SSSR count). The third kappa shape index (κ3) is 5.18. The summed E-state index contributed by atoms with van der Waals surface area (Å²) in [5.74, 6) is 0.713. The number of nitrogens with zero attached hydrogens (tertiary/aromatic N) is 2. The van der Waals surface area contributed by atoms with Crippen molar-refractivity contribution in [2.24, 2.45) is 0 Å². The first kappa shape index (κ1) is 20.0. The fraction of sp³-hybridized carbons (Fsp3) is 0.450. The van der Waals surface area contributed by atoms with Gasteiger partial charge in [0.05, 0.1) is 24.9 Å². The van der Waals surface area contributed by atoms with Crippen LogP contribution in [0.25, 0.3) is 0 Å². The first-order valence-electron chi connectivity index (χ1n) is 9.14. The lowest BCUT2D eigenvalue weighted by Gasteiger charge is -2.51. The highest BCUT2D eigenvalue weighted by atomic mass is 35.5. The first-order valence-corrected chi connectivity index (χ1v) is 9.52. The van der Waals surface area contributed by atoms with Crippen LogP contribution in [0.1, 0.15) is 24.3 Å². The lowest BCUT2D eigenvalue weighted by Crippen LogP contribution is -2.57. The van der Waals surface area contributed by atoms with Crippen molar-refractivity contribution >= 4 is 11.6 Å². The van der Waals surface area contributed by atoms with Gasteiger partial charge in [0.1, 0.15) is 36.7 Å². The van der Waals surface area contributed by atoms with Crippen LogP contribution in [0.5, 0.6) is 5.75 Å². The van der Waals surface area contributed by atoms with Gasteiger partial charge in [0, 0.05) is 6.42 Å². The fourth-order valence-electron chi connectivity index (χ4n) is 3.35. The van der Waals surface area contributed by atoms with E-state index in [2.05, 4.69) is 4.98 Å². The van der Waals surface area contributed by atoms with Crippen molar-refractivity contribution in [3.05, 3.63) is 64.1 Å². The van der Waals surface area contributed by atoms with E-state index in [4.69, 9.17) is 26.2 Å². The Morgan fingerprint density at radius 2 is 2.11 bits per heavy atom. The monoisotopic (exact) mass is 392 g/mol. The Hall–Kier alpha value is -1.70. The highest BCUT2D eigenvalue weighted by Crippen LogP contribution is 2.29. The summed E-state index contributed by atoms with van der Waals surface area (Å²) in [6.07, 6.45) is 0.325. The number of benzene rings is 1. The molecule has 2 heterocycles. The smallest absolute Gasteiger partial charge is 0.149 e. The molecule has 2 aromatic rings. The zero-order valence-electron chi connectivity index (χ0n) is 15.4. The summed E-state index contributed by atoms with van der Waals surface area (Å²) in [6, 6.07) is 12.9. The number of aliphatic hydroxyl groups is 1. The molecule has 3 atom stereocenters. The average Bonchev–Trinajstić information content (AvgIpc) is 2.67. The van der Waals surface area contributed by atoms with Gasteiger partial charge in [-0.05, 0) is 36.8 Å². The van der Waals surface area contributed by atoms with E-state index in [1.165, 1.54) is 0 Å². The summed E-state index contributed by atoms with van der Waals surface area (Å²) in [7, 11) is 0. The average molecular weight is 393 g/mol. The Morgan fingerprint density at radius 1 is 1.33 bits per heavy atom. The van der Waals surface area contributed by atoms with E-state index in [1.54, 1.807) is 6.07 Å². The van der Waals surface area contributed by atoms with Gasteiger partial charge in [-0.25, -0.2) is 4.98 Å². The highest BCUT2D eigenvalue weighted by Gasteiger charge is 2.34. The van der Waals surface area contributed by atoms with Crippen LogP contribution >= 0.6 is 11.6 Å². The van der Waals surface area contributed by atoms with Crippen molar-refractivity contribution in [1.29, 1.82) is 0 Å². The second kappa shape index (κ2) is 8.99. The Morgan fingerprint density at radius 3 is 2.81 bits per heavy atom. The van der Waals surface area contributed by atoms with Crippen molar-refractivity contribution in [1.82, 2.24) is 4.98 Å². The summed E-state index contributed by atoms with van der Waals surface area (Å²) in [5, 5.41) is 22.7. The number of aromatic nitrogens is 1. The number of hydroxylamine groups is 3. The van der Waals surface area contributed by atoms with Crippen LogP contribution in [0.15, 0.2) is 42.5 Å². The largest absolute Gasteiger partial charge is 0.632 e. The van der Waals surface area contributed by atoms with E-state index in [9.17, 15) is 5.21 Å². The van der Waals surface area contributed by atoms with Gasteiger partial charge in [0.2, 0.25) is 0 Å². The first-order chi connectivity index (χ1) is 13.0. The van der Waals surface area contributed by atoms with Gasteiger partial charge in [0.25, 0.3) is 0 Å². The molecule has 0 saturated carbocycles. The molecule has 1 aromatic carbocycles. The third-order valence-corrected chi connectivity index (χ3v) is 5.16. The molecule has 27 heavy (non-hydrogen) atoms. The van der Waals surface area contributed by atoms with Crippen molar-refractivity contribution < 1.29 is 19.2 Å². The molecule has 3 unspecified atom stereocenters. The van der Waals surface area contributed by atoms with Crippen molar-refractivity contribution in [3.63, 3.8) is 0 Å². The topological polar surface area (TPSA) is 74.6 Å². The molecule has 7 heteroatoms. The minimum absolute atomic E-state index is 0.0142. The van der Waals surface area contributed by atoms with Crippen LogP contribution in [-0.2, 0) is 11.2 Å². The molecule has 0 bridgehead atoms. The maximum Gasteiger partial charge on any atom is 0.149 e. The molecule has 1 N–H and O–H groups in total. The van der Waals surface area contributed by atoms with Crippen LogP contribution in [0.3, 0.4) is 0 Å². The van der Waals surface area contributed by atoms with Crippen molar-refractivity contribution in [2.45, 2.75) is 25.5 Å². The summed E-state index contributed by atoms with van der Waals surface area (Å²) < 4.78 is 10.9. The predicted octanol–water partition coefficient (Wildman–Crippen LogP) is 3.12. The van der Waals surface area contributed by atoms with Crippen LogP contribution in [0.4, 0.5) is 0 Å². The third-order valence-electron chi connectivity index (χ3n) is 4.95. The predicted molar refractivity (Wildman–Crippen MR) is 103 cm³/mol. The molecular formula is C20H25ClN2O4. The quantitative estimate of drug-likeness (QED) is 0.445. The molecular weight excluding hydrogens is 368 g/mol. The maximum absolute atomic E-state index is 13.4. The number of aliphatic hydroxyl groups excluding tert-OH is 1. The molecule has 1 aliphatic heterocycles. The second-order valence-electron chi connectivity index (χ2n) is 6.87. The molecule has 146 valence electrons. The van der Waals surface area contributed by atoms with Crippen LogP contribution in [-0.4, -0.2) is 53.7 Å². The molecule has 1 aliphatic rings. The summed E-state index contributed by atoms with van der Waals surface area (Å²) >= 11 is 5.98. The number of quaternary nitrogens is 1. The van der Waals surface area contributed by atoms with E-state index < -0.39 is 0 Å². The standard InChI is InChI=1S/C20H25ClN2O4/c1-15(13-16-5-7-17(8-6-16)26-12-10-24)23(25)9-11-27-19(14-23)18-3-2-4-20(21)22-18/h2-8,15,19,24H,9-14H2,1H3. The molecule has 1 fully saturated rings. The van der Waals surface area contributed by atoms with E-state index in [-0.39, 0.29) is 30.0 Å². The van der Waals surface area contributed by atoms with Gasteiger partial charge in [-0.2, -0.15) is 0 Å². The number of pyridine rings is 1. The number of hydrogen-bond acceptors (Lipinski definition) is 5. The van der Waals surface area contributed by atoms with E-state index in [0.29, 0.717) is 42.7 Å². The summed E-state index contributed by atoms with van der Waals surface area (Å²) in [5.41, 5.74) is 1.79. The molecule has 1 aromatic heterocycles. The minimum atomic E-state index is -0.341. The fourth-order valence-corrected chi connectivity index (χ4v) is 3.52. The normalized spacial score (nSPS) is 23.8. The molecule has 0 spiro atoms. The lowest BCUT2D eigenvalue weighted by molar-refractivity contribution is -0.915. The van der Waals surface area contributed by atoms with E-state index >= 15 is 0 Å². The Balaban J connectivity index is 1.65. The summed E-state index contributed by atoms with van der Waals surface area (Å²) in [4.78, 5) is 4.30. The van der Waals surface area contributed by atoms with E-state index in [0.717, 1.165) is 5.56 Å². The Kier molecular flexibility index (Phi) is 6.68. The van der Waals surface area contributed by atoms with Crippen molar-refractivity contribution in [3.8, 4) is 5.75 Å². The number of ether oxygens (including phenoxy) is 2. The molecule has 0 radical (unpaired) electrons. The molecule has 1 saturated heterocycles. The number of hydrogen-bond donors (Lipinski definition) is 1. The zero-order chi connectivity index (χ0) is 19.3. The van der Waals surface area contributed by atoms with Gasteiger partial charge in [-0.15, -0.1) is 0 Å². The zero-order valence-corrected chi connectivity index (χ0v) is 16.1. The van der Waals surface area contributed by atoms with Crippen LogP contribution in [0.2, 0.25) is 5.15 Å². The SMILES string of the molecule is CC(Cc1ccc(OCCO)cc1)[N+]1([O-])CCOC(c2cccc(Cl)n2)C1. The minimum Gasteiger partial charge on any atom is -0.632 e.